The minimum atomic E-state index is -0.285. The summed E-state index contributed by atoms with van der Waals surface area (Å²) in [6.07, 6.45) is 2.43. The Kier molecular flexibility index (Phi) is 3.52. The first-order valence-corrected chi connectivity index (χ1v) is 6.66. The molecule has 104 valence electrons. The minimum absolute atomic E-state index is 0.228. The molecule has 0 bridgehead atoms. The fourth-order valence-electron chi connectivity index (χ4n) is 2.53. The second-order valence-corrected chi connectivity index (χ2v) is 4.91. The summed E-state index contributed by atoms with van der Waals surface area (Å²) in [6, 6.07) is 9.98. The van der Waals surface area contributed by atoms with Crippen molar-refractivity contribution in [1.29, 1.82) is 0 Å². The van der Waals surface area contributed by atoms with Gasteiger partial charge in [-0.15, -0.1) is 0 Å². The van der Waals surface area contributed by atoms with Gasteiger partial charge in [-0.3, -0.25) is 10.1 Å². The Bertz CT molecular complexity index is 607. The van der Waals surface area contributed by atoms with E-state index in [1.807, 2.05) is 24.5 Å². The number of methoxy groups -OCH3 is 1. The Labute approximate surface area is 117 Å². The number of benzene rings is 1. The number of nitrogens with zero attached hydrogens (tertiary/aromatic N) is 2. The average molecular weight is 271 g/mol. The minimum Gasteiger partial charge on any atom is -0.468 e. The molecule has 0 saturated heterocycles. The topological polar surface area (TPSA) is 56.1 Å². The standard InChI is InChI=1S/C15H17N3O2/c1-20-15(19)13-7-12-14(8-16-13)18(10-17-12)9-11-5-3-2-4-6-11/h2-6,10,13,16H,7-9H2,1H3/t13-/m0/s1. The lowest BCUT2D eigenvalue weighted by atomic mass is 10.1. The molecule has 1 aromatic heterocycles. The number of ether oxygens (including phenoxy) is 1. The number of carbonyl (C=O) groups is 1. The molecule has 0 radical (unpaired) electrons. The van der Waals surface area contributed by atoms with Gasteiger partial charge in [-0.25, -0.2) is 4.98 Å². The highest BCUT2D eigenvalue weighted by atomic mass is 16.5. The van der Waals surface area contributed by atoms with E-state index >= 15 is 0 Å². The van der Waals surface area contributed by atoms with Crippen LogP contribution < -0.4 is 5.32 Å². The maximum atomic E-state index is 11.6. The third-order valence-corrected chi connectivity index (χ3v) is 3.63. The Hall–Kier alpha value is -2.14. The van der Waals surface area contributed by atoms with E-state index in [-0.39, 0.29) is 12.0 Å². The van der Waals surface area contributed by atoms with Crippen molar-refractivity contribution in [2.75, 3.05) is 7.11 Å². The lowest BCUT2D eigenvalue weighted by Gasteiger charge is -2.22. The van der Waals surface area contributed by atoms with Gasteiger partial charge in [-0.05, 0) is 5.56 Å². The number of nitrogens with one attached hydrogen (secondary N) is 1. The van der Waals surface area contributed by atoms with Crippen molar-refractivity contribution in [3.05, 3.63) is 53.6 Å². The SMILES string of the molecule is COC(=O)[C@@H]1Cc2ncn(Cc3ccccc3)c2CN1. The Morgan fingerprint density at radius 2 is 2.25 bits per heavy atom. The van der Waals surface area contributed by atoms with Gasteiger partial charge in [0.25, 0.3) is 0 Å². The first kappa shape index (κ1) is 12.9. The van der Waals surface area contributed by atoms with Crippen LogP contribution in [0.2, 0.25) is 0 Å². The van der Waals surface area contributed by atoms with E-state index in [4.69, 9.17) is 4.74 Å². The second-order valence-electron chi connectivity index (χ2n) is 4.91. The lowest BCUT2D eigenvalue weighted by Crippen LogP contribution is -2.43. The molecule has 3 rings (SSSR count). The van der Waals surface area contributed by atoms with Crippen LogP contribution in [0.5, 0.6) is 0 Å². The summed E-state index contributed by atoms with van der Waals surface area (Å²) in [5.41, 5.74) is 3.37. The van der Waals surface area contributed by atoms with Gasteiger partial charge in [0.05, 0.1) is 24.8 Å². The fourth-order valence-corrected chi connectivity index (χ4v) is 2.53. The van der Waals surface area contributed by atoms with Crippen molar-refractivity contribution in [3.63, 3.8) is 0 Å². The van der Waals surface area contributed by atoms with Gasteiger partial charge >= 0.3 is 5.97 Å². The number of carbonyl (C=O) groups excluding carboxylic acids is 1. The Morgan fingerprint density at radius 3 is 3.00 bits per heavy atom. The largest absolute Gasteiger partial charge is 0.468 e. The zero-order valence-electron chi connectivity index (χ0n) is 11.4. The van der Waals surface area contributed by atoms with Gasteiger partial charge in [-0.2, -0.15) is 0 Å². The van der Waals surface area contributed by atoms with Crippen molar-refractivity contribution >= 4 is 5.97 Å². The molecule has 0 fully saturated rings. The molecule has 0 saturated carbocycles. The highest BCUT2D eigenvalue weighted by molar-refractivity contribution is 5.76. The molecule has 1 atom stereocenters. The average Bonchev–Trinajstić information content (AvgIpc) is 2.90. The summed E-state index contributed by atoms with van der Waals surface area (Å²) >= 11 is 0. The van der Waals surface area contributed by atoms with Gasteiger partial charge in [-0.1, -0.05) is 30.3 Å². The van der Waals surface area contributed by atoms with E-state index in [9.17, 15) is 4.79 Å². The molecule has 1 aliphatic rings. The molecule has 5 nitrogen and oxygen atoms in total. The second kappa shape index (κ2) is 5.46. The Balaban J connectivity index is 1.78. The number of hydrogen-bond donors (Lipinski definition) is 1. The van der Waals surface area contributed by atoms with E-state index in [1.165, 1.54) is 12.7 Å². The molecule has 1 aromatic carbocycles. The van der Waals surface area contributed by atoms with Crippen molar-refractivity contribution < 1.29 is 9.53 Å². The monoisotopic (exact) mass is 271 g/mol. The number of aromatic nitrogens is 2. The summed E-state index contributed by atoms with van der Waals surface area (Å²) in [4.78, 5) is 16.0. The number of hydrogen-bond acceptors (Lipinski definition) is 4. The molecule has 1 N–H and O–H groups in total. The van der Waals surface area contributed by atoms with Crippen molar-refractivity contribution in [2.24, 2.45) is 0 Å². The van der Waals surface area contributed by atoms with Crippen LogP contribution in [0.3, 0.4) is 0 Å². The molecular weight excluding hydrogens is 254 g/mol. The van der Waals surface area contributed by atoms with E-state index in [0.29, 0.717) is 13.0 Å². The van der Waals surface area contributed by atoms with Crippen molar-refractivity contribution in [3.8, 4) is 0 Å². The van der Waals surface area contributed by atoms with Gasteiger partial charge in [0.1, 0.15) is 6.04 Å². The molecule has 0 amide bonds. The fraction of sp³-hybridized carbons (Fsp3) is 0.333. The first-order valence-electron chi connectivity index (χ1n) is 6.66. The molecule has 2 heterocycles. The maximum Gasteiger partial charge on any atom is 0.323 e. The molecule has 20 heavy (non-hydrogen) atoms. The summed E-state index contributed by atoms with van der Waals surface area (Å²) in [7, 11) is 1.41. The van der Waals surface area contributed by atoms with Crippen LogP contribution in [0.1, 0.15) is 17.0 Å². The molecule has 0 spiro atoms. The third kappa shape index (κ3) is 2.44. The van der Waals surface area contributed by atoms with E-state index in [2.05, 4.69) is 27.0 Å². The van der Waals surface area contributed by atoms with Crippen molar-refractivity contribution in [2.45, 2.75) is 25.6 Å². The van der Waals surface area contributed by atoms with Crippen LogP contribution in [0.25, 0.3) is 0 Å². The molecular formula is C15H17N3O2. The molecule has 5 heteroatoms. The smallest absolute Gasteiger partial charge is 0.323 e. The number of imidazole rings is 1. The number of esters is 1. The zero-order valence-corrected chi connectivity index (χ0v) is 11.4. The lowest BCUT2D eigenvalue weighted by molar-refractivity contribution is -0.143. The summed E-state index contributed by atoms with van der Waals surface area (Å²) in [5.74, 6) is -0.228. The first-order chi connectivity index (χ1) is 9.78. The van der Waals surface area contributed by atoms with Crippen LogP contribution >= 0.6 is 0 Å². The van der Waals surface area contributed by atoms with Crippen LogP contribution in [-0.2, 0) is 29.0 Å². The summed E-state index contributed by atoms with van der Waals surface area (Å²) in [5, 5.41) is 3.20. The quantitative estimate of drug-likeness (QED) is 0.850. The number of rotatable bonds is 3. The Morgan fingerprint density at radius 1 is 1.45 bits per heavy atom. The summed E-state index contributed by atoms with van der Waals surface area (Å²) < 4.78 is 6.90. The van der Waals surface area contributed by atoms with Crippen LogP contribution in [0.4, 0.5) is 0 Å². The van der Waals surface area contributed by atoms with Crippen LogP contribution in [-0.4, -0.2) is 28.7 Å². The van der Waals surface area contributed by atoms with Gasteiger partial charge in [0.2, 0.25) is 0 Å². The third-order valence-electron chi connectivity index (χ3n) is 3.63. The maximum absolute atomic E-state index is 11.6. The van der Waals surface area contributed by atoms with Gasteiger partial charge in [0, 0.05) is 19.5 Å². The van der Waals surface area contributed by atoms with Crippen LogP contribution in [0, 0.1) is 0 Å². The number of fused-ring (bicyclic) bond motifs is 1. The normalized spacial score (nSPS) is 17.6. The summed E-state index contributed by atoms with van der Waals surface area (Å²) in [6.45, 7) is 1.44. The molecule has 1 aliphatic heterocycles. The van der Waals surface area contributed by atoms with E-state index in [0.717, 1.165) is 17.9 Å². The highest BCUT2D eigenvalue weighted by Gasteiger charge is 2.27. The van der Waals surface area contributed by atoms with Crippen LogP contribution in [0.15, 0.2) is 36.7 Å². The van der Waals surface area contributed by atoms with E-state index < -0.39 is 0 Å². The molecule has 0 unspecified atom stereocenters. The predicted molar refractivity (Wildman–Crippen MR) is 74.1 cm³/mol. The van der Waals surface area contributed by atoms with Crippen molar-refractivity contribution in [1.82, 2.24) is 14.9 Å². The van der Waals surface area contributed by atoms with Gasteiger partial charge in [0.15, 0.2) is 0 Å². The zero-order chi connectivity index (χ0) is 13.9. The molecule has 0 aliphatic carbocycles. The highest BCUT2D eigenvalue weighted by Crippen LogP contribution is 2.17. The van der Waals surface area contributed by atoms with E-state index in [1.54, 1.807) is 0 Å². The van der Waals surface area contributed by atoms with Gasteiger partial charge < -0.3 is 9.30 Å². The molecule has 2 aromatic rings. The predicted octanol–water partition coefficient (Wildman–Crippen LogP) is 1.12.